The molecule has 1 aliphatic carbocycles. The molecule has 0 amide bonds. The number of halogens is 1. The van der Waals surface area contributed by atoms with Gasteiger partial charge in [-0.3, -0.25) is 4.99 Å². The number of rotatable bonds is 8. The van der Waals surface area contributed by atoms with E-state index in [0.717, 1.165) is 31.4 Å². The molecule has 0 bridgehead atoms. The third kappa shape index (κ3) is 8.04. The second-order valence-corrected chi connectivity index (χ2v) is 10.2. The van der Waals surface area contributed by atoms with Crippen LogP contribution < -0.4 is 10.6 Å². The Kier molecular flexibility index (Phi) is 11.5. The number of nitrogens with one attached hydrogen (secondary N) is 2. The molecule has 0 radical (unpaired) electrons. The van der Waals surface area contributed by atoms with Gasteiger partial charge in [0.05, 0.1) is 11.3 Å². The monoisotopic (exact) mass is 515 g/mol. The van der Waals surface area contributed by atoms with Crippen molar-refractivity contribution in [1.82, 2.24) is 10.6 Å². The first-order chi connectivity index (χ1) is 12.5. The van der Waals surface area contributed by atoms with Crippen LogP contribution in [0.1, 0.15) is 64.7 Å². The highest BCUT2D eigenvalue weighted by Crippen LogP contribution is 2.30. The van der Waals surface area contributed by atoms with Crippen molar-refractivity contribution in [3.63, 3.8) is 0 Å². The lowest BCUT2D eigenvalue weighted by Crippen LogP contribution is -2.47. The predicted molar refractivity (Wildman–Crippen MR) is 123 cm³/mol. The van der Waals surface area contributed by atoms with Crippen LogP contribution in [0.2, 0.25) is 0 Å². The molecule has 27 heavy (non-hydrogen) atoms. The highest BCUT2D eigenvalue weighted by Gasteiger charge is 2.42. The van der Waals surface area contributed by atoms with E-state index in [1.165, 1.54) is 44.8 Å². The van der Waals surface area contributed by atoms with Crippen LogP contribution in [0.5, 0.6) is 0 Å². The molecule has 0 aromatic rings. The number of nitrogens with zero attached hydrogens (tertiary/aromatic N) is 1. The molecule has 2 aliphatic rings. The Morgan fingerprint density at radius 3 is 2.41 bits per heavy atom. The van der Waals surface area contributed by atoms with Crippen molar-refractivity contribution in [3.8, 4) is 0 Å². The first kappa shape index (κ1) is 24.9. The van der Waals surface area contributed by atoms with Gasteiger partial charge < -0.3 is 15.4 Å². The number of hydrogen-bond acceptors (Lipinski definition) is 4. The van der Waals surface area contributed by atoms with E-state index in [4.69, 9.17) is 4.74 Å². The molecule has 1 aliphatic heterocycles. The Morgan fingerprint density at radius 2 is 1.81 bits per heavy atom. The Morgan fingerprint density at radius 1 is 1.15 bits per heavy atom. The van der Waals surface area contributed by atoms with E-state index in [1.807, 2.05) is 6.92 Å². The van der Waals surface area contributed by atoms with Gasteiger partial charge in [0.25, 0.3) is 0 Å². The minimum atomic E-state index is -3.18. The molecule has 8 heteroatoms. The Hall–Kier alpha value is -0.0900. The molecule has 1 saturated carbocycles. The topological polar surface area (TPSA) is 79.8 Å². The van der Waals surface area contributed by atoms with E-state index in [0.29, 0.717) is 32.6 Å². The van der Waals surface area contributed by atoms with Crippen molar-refractivity contribution >= 4 is 39.8 Å². The zero-order chi connectivity index (χ0) is 18.9. The van der Waals surface area contributed by atoms with Gasteiger partial charge in [0.2, 0.25) is 0 Å². The molecule has 0 unspecified atom stereocenters. The summed E-state index contributed by atoms with van der Waals surface area (Å²) < 4.78 is 29.3. The third-order valence-corrected chi connectivity index (χ3v) is 7.98. The average Bonchev–Trinajstić information content (AvgIpc) is 2.64. The van der Waals surface area contributed by atoms with Crippen molar-refractivity contribution < 1.29 is 13.2 Å². The van der Waals surface area contributed by atoms with E-state index in [1.54, 1.807) is 0 Å². The Balaban J connectivity index is 0.00000364. The molecule has 6 nitrogen and oxygen atoms in total. The highest BCUT2D eigenvalue weighted by molar-refractivity contribution is 14.0. The summed E-state index contributed by atoms with van der Waals surface area (Å²) in [6, 6.07) is 0. The molecule has 0 spiro atoms. The lowest BCUT2D eigenvalue weighted by Gasteiger charge is -2.34. The molecule has 0 aromatic heterocycles. The summed E-state index contributed by atoms with van der Waals surface area (Å²) in [6.07, 6.45) is 11.7. The number of guanidine groups is 1. The minimum absolute atomic E-state index is 0. The van der Waals surface area contributed by atoms with Crippen LogP contribution in [0.4, 0.5) is 0 Å². The second-order valence-electron chi connectivity index (χ2n) is 7.84. The molecular formula is C19H38IN3O3S. The highest BCUT2D eigenvalue weighted by atomic mass is 127. The molecule has 0 aromatic carbocycles. The molecule has 2 rings (SSSR count). The smallest absolute Gasteiger partial charge is 0.191 e. The molecule has 1 heterocycles. The molecule has 2 N–H and O–H groups in total. The van der Waals surface area contributed by atoms with Gasteiger partial charge >= 0.3 is 0 Å². The van der Waals surface area contributed by atoms with E-state index in [2.05, 4.69) is 15.6 Å². The van der Waals surface area contributed by atoms with Crippen LogP contribution in [0.25, 0.3) is 0 Å². The van der Waals surface area contributed by atoms with Crippen molar-refractivity contribution in [2.45, 2.75) is 69.5 Å². The molecule has 2 fully saturated rings. The number of sulfone groups is 1. The van der Waals surface area contributed by atoms with E-state index in [-0.39, 0.29) is 24.0 Å². The van der Waals surface area contributed by atoms with Crippen LogP contribution in [0.3, 0.4) is 0 Å². The maximum atomic E-state index is 12.3. The Bertz CT molecular complexity index is 542. The largest absolute Gasteiger partial charge is 0.381 e. The zero-order valence-electron chi connectivity index (χ0n) is 17.0. The summed E-state index contributed by atoms with van der Waals surface area (Å²) in [6.45, 7) is 4.97. The van der Waals surface area contributed by atoms with Gasteiger partial charge in [0, 0.05) is 32.6 Å². The minimum Gasteiger partial charge on any atom is -0.381 e. The fourth-order valence-corrected chi connectivity index (χ4v) is 5.24. The normalized spacial score (nSPS) is 21.3. The summed E-state index contributed by atoms with van der Waals surface area (Å²) in [5, 5.41) is 6.62. The van der Waals surface area contributed by atoms with Crippen molar-refractivity contribution in [2.24, 2.45) is 10.9 Å². The van der Waals surface area contributed by atoms with Gasteiger partial charge in [-0.25, -0.2) is 8.42 Å². The predicted octanol–water partition coefficient (Wildman–Crippen LogP) is 3.11. The van der Waals surface area contributed by atoms with Crippen molar-refractivity contribution in [2.75, 3.05) is 39.1 Å². The van der Waals surface area contributed by atoms with Gasteiger partial charge in [-0.05, 0) is 38.5 Å². The van der Waals surface area contributed by atoms with Gasteiger partial charge in [0.15, 0.2) is 15.8 Å². The summed E-state index contributed by atoms with van der Waals surface area (Å²) in [5.41, 5.74) is 0. The van der Waals surface area contributed by atoms with Crippen LogP contribution >= 0.6 is 24.0 Å². The standard InChI is InChI=1S/C19H37N3O3S.HI/c1-3-20-18(21-13-7-10-17-8-5-4-6-9-17)22-16-19(26(2,23)24)11-14-25-15-12-19;/h17H,3-16H2,1-2H3,(H2,20,21,22);1H. The summed E-state index contributed by atoms with van der Waals surface area (Å²) >= 11 is 0. The number of ether oxygens (including phenoxy) is 1. The van der Waals surface area contributed by atoms with Crippen LogP contribution in [0.15, 0.2) is 4.99 Å². The van der Waals surface area contributed by atoms with Gasteiger partial charge in [-0.15, -0.1) is 24.0 Å². The summed E-state index contributed by atoms with van der Waals surface area (Å²) in [4.78, 5) is 4.62. The van der Waals surface area contributed by atoms with E-state index in [9.17, 15) is 8.42 Å². The second kappa shape index (κ2) is 12.5. The summed E-state index contributed by atoms with van der Waals surface area (Å²) in [7, 11) is -3.18. The van der Waals surface area contributed by atoms with Crippen LogP contribution in [-0.2, 0) is 14.6 Å². The fraction of sp³-hybridized carbons (Fsp3) is 0.947. The SMILES string of the molecule is CCNC(=NCC1(S(C)(=O)=O)CCOCC1)NCCCC1CCCCC1.I. The van der Waals surface area contributed by atoms with Gasteiger partial charge in [-0.2, -0.15) is 0 Å². The van der Waals surface area contributed by atoms with E-state index < -0.39 is 14.6 Å². The third-order valence-electron chi connectivity index (χ3n) is 5.87. The lowest BCUT2D eigenvalue weighted by molar-refractivity contribution is 0.0768. The molecule has 0 atom stereocenters. The van der Waals surface area contributed by atoms with Crippen molar-refractivity contribution in [3.05, 3.63) is 0 Å². The molecule has 1 saturated heterocycles. The number of aliphatic imine (C=N–C) groups is 1. The average molecular weight is 516 g/mol. The quantitative estimate of drug-likeness (QED) is 0.225. The number of hydrogen-bond donors (Lipinski definition) is 2. The van der Waals surface area contributed by atoms with Crippen molar-refractivity contribution in [1.29, 1.82) is 0 Å². The van der Waals surface area contributed by atoms with Gasteiger partial charge in [-0.1, -0.05) is 32.1 Å². The Labute approximate surface area is 182 Å². The van der Waals surface area contributed by atoms with Crippen LogP contribution in [0, 0.1) is 5.92 Å². The molecule has 160 valence electrons. The summed E-state index contributed by atoms with van der Waals surface area (Å²) in [5.74, 6) is 1.62. The fourth-order valence-electron chi connectivity index (χ4n) is 4.03. The lowest BCUT2D eigenvalue weighted by atomic mass is 9.86. The van der Waals surface area contributed by atoms with Crippen LogP contribution in [-0.4, -0.2) is 58.2 Å². The zero-order valence-corrected chi connectivity index (χ0v) is 20.1. The molecular weight excluding hydrogens is 477 g/mol. The van der Waals surface area contributed by atoms with Gasteiger partial charge in [0.1, 0.15) is 0 Å². The first-order valence-electron chi connectivity index (χ1n) is 10.3. The first-order valence-corrected chi connectivity index (χ1v) is 12.2. The maximum Gasteiger partial charge on any atom is 0.191 e. The maximum absolute atomic E-state index is 12.3. The van der Waals surface area contributed by atoms with E-state index >= 15 is 0 Å².